The Morgan fingerprint density at radius 3 is 2.61 bits per heavy atom. The number of ether oxygens (including phenoxy) is 1. The maximum atomic E-state index is 11.5. The largest absolute Gasteiger partial charge is 0.467 e. The molecule has 0 aliphatic rings. The maximum absolute atomic E-state index is 11.5. The minimum absolute atomic E-state index is 0.393. The van der Waals surface area contributed by atoms with Gasteiger partial charge in [0.1, 0.15) is 17.9 Å². The van der Waals surface area contributed by atoms with Gasteiger partial charge in [0, 0.05) is 19.6 Å². The van der Waals surface area contributed by atoms with Crippen LogP contribution in [0.1, 0.15) is 39.9 Å². The zero-order valence-electron chi connectivity index (χ0n) is 14.4. The number of aliphatic imine (C=N–C) groups is 1. The third-order valence-corrected chi connectivity index (χ3v) is 2.63. The molecule has 7 heteroatoms. The highest BCUT2D eigenvalue weighted by Crippen LogP contribution is 2.06. The number of hydrogen-bond donors (Lipinski definition) is 3. The Morgan fingerprint density at radius 1 is 1.26 bits per heavy atom. The summed E-state index contributed by atoms with van der Waals surface area (Å²) in [6, 6.07) is 3.73. The summed E-state index contributed by atoms with van der Waals surface area (Å²) in [5, 5.41) is 9.09. The minimum atomic E-state index is -0.473. The van der Waals surface area contributed by atoms with Crippen LogP contribution in [0.15, 0.2) is 27.8 Å². The number of carbonyl (C=O) groups is 1. The standard InChI is InChI=1S/C16H28N4O3/c1-5-17-14(20-12-13-8-6-11-22-13)18-9-7-10-19-15(21)23-16(2,3)4/h6,8,11H,5,7,9-10,12H2,1-4H3,(H,19,21)(H2,17,18,20). The van der Waals surface area contributed by atoms with Gasteiger partial charge in [-0.15, -0.1) is 0 Å². The van der Waals surface area contributed by atoms with E-state index in [1.807, 2.05) is 39.8 Å². The normalized spacial score (nSPS) is 11.9. The summed E-state index contributed by atoms with van der Waals surface area (Å²) < 4.78 is 10.4. The van der Waals surface area contributed by atoms with Crippen LogP contribution < -0.4 is 16.0 Å². The van der Waals surface area contributed by atoms with E-state index in [0.717, 1.165) is 24.7 Å². The molecule has 0 bridgehead atoms. The van der Waals surface area contributed by atoms with Gasteiger partial charge >= 0.3 is 6.09 Å². The van der Waals surface area contributed by atoms with Gasteiger partial charge in [-0.3, -0.25) is 0 Å². The van der Waals surface area contributed by atoms with Crippen LogP contribution in [0.5, 0.6) is 0 Å². The van der Waals surface area contributed by atoms with E-state index in [1.165, 1.54) is 0 Å². The summed E-state index contributed by atoms with van der Waals surface area (Å²) in [6.07, 6.45) is 2.01. The topological polar surface area (TPSA) is 87.9 Å². The van der Waals surface area contributed by atoms with E-state index in [-0.39, 0.29) is 0 Å². The highest BCUT2D eigenvalue weighted by atomic mass is 16.6. The van der Waals surface area contributed by atoms with Crippen molar-refractivity contribution < 1.29 is 13.9 Å². The van der Waals surface area contributed by atoms with Crippen molar-refractivity contribution in [1.29, 1.82) is 0 Å². The number of rotatable bonds is 7. The summed E-state index contributed by atoms with van der Waals surface area (Å²) in [4.78, 5) is 15.9. The Hall–Kier alpha value is -2.18. The predicted molar refractivity (Wildman–Crippen MR) is 90.4 cm³/mol. The molecule has 1 rings (SSSR count). The third kappa shape index (κ3) is 9.44. The first kappa shape index (κ1) is 18.9. The van der Waals surface area contributed by atoms with Gasteiger partial charge in [-0.1, -0.05) is 0 Å². The van der Waals surface area contributed by atoms with Crippen molar-refractivity contribution in [3.8, 4) is 0 Å². The molecule has 0 unspecified atom stereocenters. The first-order chi connectivity index (χ1) is 10.9. The highest BCUT2D eigenvalue weighted by Gasteiger charge is 2.15. The summed E-state index contributed by atoms with van der Waals surface area (Å²) in [5.74, 6) is 1.54. The van der Waals surface area contributed by atoms with E-state index in [2.05, 4.69) is 20.9 Å². The van der Waals surface area contributed by atoms with Gasteiger partial charge < -0.3 is 25.1 Å². The minimum Gasteiger partial charge on any atom is -0.467 e. The van der Waals surface area contributed by atoms with Crippen LogP contribution in [-0.4, -0.2) is 37.3 Å². The molecule has 0 aliphatic heterocycles. The summed E-state index contributed by atoms with van der Waals surface area (Å²) in [6.45, 7) is 10.0. The summed E-state index contributed by atoms with van der Waals surface area (Å²) in [5.41, 5.74) is -0.473. The number of guanidine groups is 1. The molecule has 0 aromatic carbocycles. The molecule has 1 aromatic rings. The molecular formula is C16H28N4O3. The predicted octanol–water partition coefficient (Wildman–Crippen LogP) is 2.25. The van der Waals surface area contributed by atoms with Gasteiger partial charge in [-0.05, 0) is 46.2 Å². The smallest absolute Gasteiger partial charge is 0.407 e. The van der Waals surface area contributed by atoms with Gasteiger partial charge in [0.2, 0.25) is 0 Å². The summed E-state index contributed by atoms with van der Waals surface area (Å²) in [7, 11) is 0. The molecule has 0 saturated heterocycles. The van der Waals surface area contributed by atoms with Crippen molar-refractivity contribution in [2.75, 3.05) is 19.6 Å². The average molecular weight is 324 g/mol. The van der Waals surface area contributed by atoms with Crippen molar-refractivity contribution in [3.63, 3.8) is 0 Å². The first-order valence-electron chi connectivity index (χ1n) is 7.92. The lowest BCUT2D eigenvalue weighted by atomic mass is 10.2. The Balaban J connectivity index is 2.22. The molecule has 1 amide bonds. The zero-order chi connectivity index (χ0) is 17.1. The molecule has 0 aliphatic carbocycles. The second-order valence-corrected chi connectivity index (χ2v) is 5.98. The van der Waals surface area contributed by atoms with Crippen LogP contribution >= 0.6 is 0 Å². The highest BCUT2D eigenvalue weighted by molar-refractivity contribution is 5.79. The molecule has 7 nitrogen and oxygen atoms in total. The maximum Gasteiger partial charge on any atom is 0.407 e. The second-order valence-electron chi connectivity index (χ2n) is 5.98. The van der Waals surface area contributed by atoms with Gasteiger partial charge in [0.25, 0.3) is 0 Å². The molecule has 1 heterocycles. The van der Waals surface area contributed by atoms with E-state index in [0.29, 0.717) is 19.6 Å². The number of nitrogens with one attached hydrogen (secondary N) is 3. The fourth-order valence-electron chi connectivity index (χ4n) is 1.70. The number of amides is 1. The molecule has 0 radical (unpaired) electrons. The van der Waals surface area contributed by atoms with Crippen LogP contribution in [0.2, 0.25) is 0 Å². The van der Waals surface area contributed by atoms with Gasteiger partial charge in [-0.2, -0.15) is 0 Å². The average Bonchev–Trinajstić information content (AvgIpc) is 2.95. The van der Waals surface area contributed by atoms with E-state index in [4.69, 9.17) is 9.15 Å². The molecule has 3 N–H and O–H groups in total. The Morgan fingerprint density at radius 2 is 2.00 bits per heavy atom. The fourth-order valence-corrected chi connectivity index (χ4v) is 1.70. The summed E-state index contributed by atoms with van der Waals surface area (Å²) >= 11 is 0. The van der Waals surface area contributed by atoms with E-state index in [9.17, 15) is 4.79 Å². The van der Waals surface area contributed by atoms with Crippen molar-refractivity contribution in [1.82, 2.24) is 16.0 Å². The van der Waals surface area contributed by atoms with Gasteiger partial charge in [0.05, 0.1) is 6.26 Å². The molecule has 0 atom stereocenters. The quantitative estimate of drug-likeness (QED) is 0.407. The molecule has 0 saturated carbocycles. The van der Waals surface area contributed by atoms with Gasteiger partial charge in [0.15, 0.2) is 5.96 Å². The first-order valence-corrected chi connectivity index (χ1v) is 7.92. The lowest BCUT2D eigenvalue weighted by Gasteiger charge is -2.19. The monoisotopic (exact) mass is 324 g/mol. The van der Waals surface area contributed by atoms with Crippen LogP contribution in [0, 0.1) is 0 Å². The van der Waals surface area contributed by atoms with Crippen molar-refractivity contribution in [2.24, 2.45) is 4.99 Å². The van der Waals surface area contributed by atoms with Crippen LogP contribution in [0.4, 0.5) is 4.79 Å². The Labute approximate surface area is 137 Å². The van der Waals surface area contributed by atoms with Crippen LogP contribution in [-0.2, 0) is 11.3 Å². The number of carbonyl (C=O) groups excluding carboxylic acids is 1. The lowest BCUT2D eigenvalue weighted by Crippen LogP contribution is -2.39. The van der Waals surface area contributed by atoms with Crippen molar-refractivity contribution in [2.45, 2.75) is 46.3 Å². The molecule has 23 heavy (non-hydrogen) atoms. The number of furan rings is 1. The van der Waals surface area contributed by atoms with Crippen molar-refractivity contribution >= 4 is 12.1 Å². The molecule has 0 spiro atoms. The van der Waals surface area contributed by atoms with Crippen molar-refractivity contribution in [3.05, 3.63) is 24.2 Å². The molecular weight excluding hydrogens is 296 g/mol. The number of nitrogens with zero attached hydrogens (tertiary/aromatic N) is 1. The second kappa shape index (κ2) is 9.76. The Bertz CT molecular complexity index is 478. The van der Waals surface area contributed by atoms with E-state index in [1.54, 1.807) is 6.26 Å². The molecule has 0 fully saturated rings. The number of alkyl carbamates (subject to hydrolysis) is 1. The van der Waals surface area contributed by atoms with Crippen LogP contribution in [0.3, 0.4) is 0 Å². The van der Waals surface area contributed by atoms with E-state index < -0.39 is 11.7 Å². The third-order valence-electron chi connectivity index (χ3n) is 2.63. The molecule has 1 aromatic heterocycles. The fraction of sp³-hybridized carbons (Fsp3) is 0.625. The Kier molecular flexibility index (Phi) is 8.01. The lowest BCUT2D eigenvalue weighted by molar-refractivity contribution is 0.0527. The van der Waals surface area contributed by atoms with E-state index >= 15 is 0 Å². The zero-order valence-corrected chi connectivity index (χ0v) is 14.4. The van der Waals surface area contributed by atoms with Gasteiger partial charge in [-0.25, -0.2) is 9.79 Å². The SMILES string of the molecule is CCNC(=NCc1ccco1)NCCCNC(=O)OC(C)(C)C. The molecule has 130 valence electrons. The number of hydrogen-bond acceptors (Lipinski definition) is 4. The van der Waals surface area contributed by atoms with Crippen LogP contribution in [0.25, 0.3) is 0 Å².